The van der Waals surface area contributed by atoms with Gasteiger partial charge in [0.25, 0.3) is 0 Å². The number of Topliss-reactive ketones (excluding diaryl/α,β-unsaturated/α-hetero) is 1. The molecule has 5 nitrogen and oxygen atoms in total. The van der Waals surface area contributed by atoms with Crippen LogP contribution in [-0.2, 0) is 4.79 Å². The molecule has 0 aliphatic carbocycles. The van der Waals surface area contributed by atoms with Gasteiger partial charge in [-0.3, -0.25) is 9.59 Å². The number of benzene rings is 2. The lowest BCUT2D eigenvalue weighted by Crippen LogP contribution is -2.39. The second-order valence-corrected chi connectivity index (χ2v) is 7.87. The van der Waals surface area contributed by atoms with Crippen LogP contribution in [0, 0.1) is 5.92 Å². The molecule has 2 aromatic rings. The molecule has 1 fully saturated rings. The van der Waals surface area contributed by atoms with Gasteiger partial charge in [-0.05, 0) is 55.0 Å². The molecule has 1 unspecified atom stereocenters. The summed E-state index contributed by atoms with van der Waals surface area (Å²) in [5.41, 5.74) is 1.54. The molecule has 0 radical (unpaired) electrons. The zero-order valence-electron chi connectivity index (χ0n) is 17.6. The molecule has 0 aromatic heterocycles. The zero-order valence-corrected chi connectivity index (χ0v) is 17.6. The maximum absolute atomic E-state index is 12.5. The SMILES string of the molecule is CCCOc1ccc(C(=O)CCC(=O)N2CCC(C(O)c3ccccc3)CC2)cc1. The summed E-state index contributed by atoms with van der Waals surface area (Å²) >= 11 is 0. The van der Waals surface area contributed by atoms with Gasteiger partial charge >= 0.3 is 0 Å². The molecule has 1 aliphatic heterocycles. The summed E-state index contributed by atoms with van der Waals surface area (Å²) in [5.74, 6) is 0.898. The number of carbonyl (C=O) groups excluding carboxylic acids is 2. The predicted octanol–water partition coefficient (Wildman–Crippen LogP) is 4.41. The number of rotatable bonds is 9. The minimum atomic E-state index is -0.491. The normalized spacial score (nSPS) is 15.6. The van der Waals surface area contributed by atoms with Crippen LogP contribution in [0.25, 0.3) is 0 Å². The van der Waals surface area contributed by atoms with E-state index in [9.17, 15) is 14.7 Å². The number of ether oxygens (including phenoxy) is 1. The van der Waals surface area contributed by atoms with E-state index in [-0.39, 0.29) is 30.4 Å². The van der Waals surface area contributed by atoms with Gasteiger partial charge in [-0.25, -0.2) is 0 Å². The van der Waals surface area contributed by atoms with Gasteiger partial charge in [-0.1, -0.05) is 37.3 Å². The molecule has 2 aromatic carbocycles. The minimum Gasteiger partial charge on any atom is -0.494 e. The van der Waals surface area contributed by atoms with E-state index in [1.165, 1.54) is 0 Å². The van der Waals surface area contributed by atoms with Gasteiger partial charge in [0, 0.05) is 31.5 Å². The smallest absolute Gasteiger partial charge is 0.223 e. The minimum absolute atomic E-state index is 0.0129. The summed E-state index contributed by atoms with van der Waals surface area (Å²) in [4.78, 5) is 26.8. The number of nitrogens with zero attached hydrogens (tertiary/aromatic N) is 1. The maximum Gasteiger partial charge on any atom is 0.223 e. The van der Waals surface area contributed by atoms with Crippen molar-refractivity contribution < 1.29 is 19.4 Å². The van der Waals surface area contributed by atoms with Gasteiger partial charge in [0.05, 0.1) is 12.7 Å². The molecule has 1 saturated heterocycles. The lowest BCUT2D eigenvalue weighted by Gasteiger charge is -2.34. The van der Waals surface area contributed by atoms with Crippen molar-refractivity contribution in [3.05, 3.63) is 65.7 Å². The number of likely N-dealkylation sites (tertiary alicyclic amines) is 1. The van der Waals surface area contributed by atoms with Crippen LogP contribution in [0.4, 0.5) is 0 Å². The average Bonchev–Trinajstić information content (AvgIpc) is 2.81. The van der Waals surface area contributed by atoms with Gasteiger partial charge in [-0.2, -0.15) is 0 Å². The highest BCUT2D eigenvalue weighted by Gasteiger charge is 2.28. The standard InChI is InChI=1S/C25H31NO4/c1-2-18-30-22-10-8-19(9-11-22)23(27)12-13-24(28)26-16-14-21(15-17-26)25(29)20-6-4-3-5-7-20/h3-11,21,25,29H,2,12-18H2,1H3. The molecular weight excluding hydrogens is 378 g/mol. The van der Waals surface area contributed by atoms with E-state index in [0.29, 0.717) is 25.3 Å². The first-order chi connectivity index (χ1) is 14.6. The third-order valence-corrected chi connectivity index (χ3v) is 5.70. The van der Waals surface area contributed by atoms with Crippen molar-refractivity contribution in [1.82, 2.24) is 4.90 Å². The van der Waals surface area contributed by atoms with Gasteiger partial charge in [0.15, 0.2) is 5.78 Å². The van der Waals surface area contributed by atoms with Crippen molar-refractivity contribution in [3.63, 3.8) is 0 Å². The molecule has 1 aliphatic rings. The fourth-order valence-corrected chi connectivity index (χ4v) is 3.87. The first-order valence-electron chi connectivity index (χ1n) is 10.9. The van der Waals surface area contributed by atoms with Crippen molar-refractivity contribution in [2.24, 2.45) is 5.92 Å². The lowest BCUT2D eigenvalue weighted by molar-refractivity contribution is -0.133. The van der Waals surface area contributed by atoms with Crippen LogP contribution in [0.1, 0.15) is 61.1 Å². The van der Waals surface area contributed by atoms with E-state index >= 15 is 0 Å². The van der Waals surface area contributed by atoms with Gasteiger partial charge in [0.2, 0.25) is 5.91 Å². The van der Waals surface area contributed by atoms with E-state index in [1.54, 1.807) is 24.3 Å². The summed E-state index contributed by atoms with van der Waals surface area (Å²) in [7, 11) is 0. The number of hydrogen-bond donors (Lipinski definition) is 1. The molecule has 0 bridgehead atoms. The highest BCUT2D eigenvalue weighted by atomic mass is 16.5. The lowest BCUT2D eigenvalue weighted by atomic mass is 9.87. The van der Waals surface area contributed by atoms with Crippen molar-refractivity contribution in [3.8, 4) is 5.75 Å². The Morgan fingerprint density at radius 1 is 1.03 bits per heavy atom. The Kier molecular flexibility index (Phi) is 8.03. The van der Waals surface area contributed by atoms with Crippen molar-refractivity contribution >= 4 is 11.7 Å². The molecule has 0 spiro atoms. The molecule has 5 heteroatoms. The Labute approximate surface area is 178 Å². The second kappa shape index (κ2) is 10.9. The molecular formula is C25H31NO4. The molecule has 1 heterocycles. The summed E-state index contributed by atoms with van der Waals surface area (Å²) in [6, 6.07) is 16.8. The Hall–Kier alpha value is -2.66. The van der Waals surface area contributed by atoms with Gasteiger partial charge in [0.1, 0.15) is 5.75 Å². The van der Waals surface area contributed by atoms with E-state index in [4.69, 9.17) is 4.74 Å². The summed E-state index contributed by atoms with van der Waals surface area (Å²) in [6.07, 6.45) is 2.42. The summed E-state index contributed by atoms with van der Waals surface area (Å²) < 4.78 is 5.53. The number of amides is 1. The third-order valence-electron chi connectivity index (χ3n) is 5.70. The number of ketones is 1. The third kappa shape index (κ3) is 5.92. The Balaban J connectivity index is 1.43. The molecule has 3 rings (SSSR count). The molecule has 30 heavy (non-hydrogen) atoms. The Bertz CT molecular complexity index is 811. The largest absolute Gasteiger partial charge is 0.494 e. The summed E-state index contributed by atoms with van der Waals surface area (Å²) in [6.45, 7) is 3.96. The Morgan fingerprint density at radius 3 is 2.33 bits per heavy atom. The molecule has 160 valence electrons. The van der Waals surface area contributed by atoms with Crippen molar-refractivity contribution in [1.29, 1.82) is 0 Å². The quantitative estimate of drug-likeness (QED) is 0.623. The van der Waals surface area contributed by atoms with Crippen LogP contribution in [-0.4, -0.2) is 41.4 Å². The molecule has 1 N–H and O–H groups in total. The van der Waals surface area contributed by atoms with Crippen LogP contribution in [0.15, 0.2) is 54.6 Å². The van der Waals surface area contributed by atoms with E-state index in [2.05, 4.69) is 0 Å². The molecule has 1 atom stereocenters. The van der Waals surface area contributed by atoms with Crippen LogP contribution < -0.4 is 4.74 Å². The number of carbonyl (C=O) groups is 2. The fourth-order valence-electron chi connectivity index (χ4n) is 3.87. The number of piperidine rings is 1. The first-order valence-corrected chi connectivity index (χ1v) is 10.9. The molecule has 0 saturated carbocycles. The number of hydrogen-bond acceptors (Lipinski definition) is 4. The molecule has 1 amide bonds. The van der Waals surface area contributed by atoms with E-state index in [0.717, 1.165) is 30.6 Å². The second-order valence-electron chi connectivity index (χ2n) is 7.87. The monoisotopic (exact) mass is 409 g/mol. The van der Waals surface area contributed by atoms with Crippen LogP contribution in [0.2, 0.25) is 0 Å². The number of aliphatic hydroxyl groups excluding tert-OH is 1. The van der Waals surface area contributed by atoms with Crippen LogP contribution in [0.3, 0.4) is 0 Å². The van der Waals surface area contributed by atoms with Crippen LogP contribution >= 0.6 is 0 Å². The highest BCUT2D eigenvalue weighted by molar-refractivity contribution is 5.98. The maximum atomic E-state index is 12.5. The van der Waals surface area contributed by atoms with Gasteiger partial charge in [-0.15, -0.1) is 0 Å². The van der Waals surface area contributed by atoms with Crippen molar-refractivity contribution in [2.45, 2.75) is 45.1 Å². The van der Waals surface area contributed by atoms with Crippen molar-refractivity contribution in [2.75, 3.05) is 19.7 Å². The topological polar surface area (TPSA) is 66.8 Å². The predicted molar refractivity (Wildman–Crippen MR) is 116 cm³/mol. The van der Waals surface area contributed by atoms with Crippen LogP contribution in [0.5, 0.6) is 5.75 Å². The van der Waals surface area contributed by atoms with Gasteiger partial charge < -0.3 is 14.7 Å². The Morgan fingerprint density at radius 2 is 1.70 bits per heavy atom. The van der Waals surface area contributed by atoms with E-state index in [1.807, 2.05) is 42.2 Å². The fraction of sp³-hybridized carbons (Fsp3) is 0.440. The average molecular weight is 410 g/mol. The first kappa shape index (κ1) is 22.0. The number of aliphatic hydroxyl groups is 1. The highest BCUT2D eigenvalue weighted by Crippen LogP contribution is 2.30. The zero-order chi connectivity index (χ0) is 21.3. The summed E-state index contributed by atoms with van der Waals surface area (Å²) in [5, 5.41) is 10.6. The van der Waals surface area contributed by atoms with E-state index < -0.39 is 6.10 Å².